The summed E-state index contributed by atoms with van der Waals surface area (Å²) in [5, 5.41) is 7.07. The largest absolute Gasteiger partial charge is 0.316 e. The van der Waals surface area contributed by atoms with Gasteiger partial charge < -0.3 is 5.32 Å². The first-order valence-electron chi connectivity index (χ1n) is 7.63. The maximum Gasteiger partial charge on any atom is 0.0944 e. The Morgan fingerprint density at radius 2 is 2.00 bits per heavy atom. The van der Waals surface area contributed by atoms with Gasteiger partial charge in [0.1, 0.15) is 0 Å². The predicted molar refractivity (Wildman–Crippen MR) is 83.9 cm³/mol. The van der Waals surface area contributed by atoms with Crippen LogP contribution in [0.4, 0.5) is 0 Å². The van der Waals surface area contributed by atoms with Crippen molar-refractivity contribution in [2.75, 3.05) is 7.05 Å². The van der Waals surface area contributed by atoms with Gasteiger partial charge in [0.05, 0.1) is 10.7 Å². The number of rotatable bonds is 4. The van der Waals surface area contributed by atoms with Crippen LogP contribution in [0, 0.1) is 5.92 Å². The molecule has 1 N–H and O–H groups in total. The highest BCUT2D eigenvalue weighted by atomic mass is 32.1. The molecule has 0 amide bonds. The third-order valence-corrected chi connectivity index (χ3v) is 5.18. The van der Waals surface area contributed by atoms with Crippen LogP contribution in [0.15, 0.2) is 5.38 Å². The summed E-state index contributed by atoms with van der Waals surface area (Å²) >= 11 is 1.83. The molecule has 1 heterocycles. The normalized spacial score (nSPS) is 19.6. The van der Waals surface area contributed by atoms with Crippen molar-refractivity contribution in [3.05, 3.63) is 16.1 Å². The van der Waals surface area contributed by atoms with E-state index in [9.17, 15) is 0 Å². The maximum atomic E-state index is 4.84. The third kappa shape index (κ3) is 4.03. The van der Waals surface area contributed by atoms with Crippen molar-refractivity contribution < 1.29 is 0 Å². The van der Waals surface area contributed by atoms with Crippen LogP contribution < -0.4 is 5.32 Å². The Labute approximate surface area is 122 Å². The molecule has 0 bridgehead atoms. The second-order valence-electron chi connectivity index (χ2n) is 6.87. The van der Waals surface area contributed by atoms with Crippen LogP contribution in [-0.4, -0.2) is 18.1 Å². The van der Waals surface area contributed by atoms with Gasteiger partial charge in [-0.2, -0.15) is 0 Å². The van der Waals surface area contributed by atoms with Crippen LogP contribution in [0.2, 0.25) is 0 Å². The second kappa shape index (κ2) is 6.36. The third-order valence-electron chi connectivity index (χ3n) is 4.30. The Morgan fingerprint density at radius 1 is 1.32 bits per heavy atom. The molecule has 0 radical (unpaired) electrons. The number of hydrogen-bond acceptors (Lipinski definition) is 3. The van der Waals surface area contributed by atoms with Crippen molar-refractivity contribution in [3.8, 4) is 0 Å². The summed E-state index contributed by atoms with van der Waals surface area (Å²) in [5.74, 6) is 0.848. The molecule has 1 aromatic rings. The van der Waals surface area contributed by atoms with Crippen LogP contribution in [0.25, 0.3) is 0 Å². The molecule has 2 rings (SSSR count). The summed E-state index contributed by atoms with van der Waals surface area (Å²) in [6.45, 7) is 6.72. The Bertz CT molecular complexity index is 386. The lowest BCUT2D eigenvalue weighted by Gasteiger charge is -2.29. The highest BCUT2D eigenvalue weighted by Gasteiger charge is 2.24. The predicted octanol–water partition coefficient (Wildman–Crippen LogP) is 4.15. The summed E-state index contributed by atoms with van der Waals surface area (Å²) in [5.41, 5.74) is 1.42. The Balaban J connectivity index is 1.99. The van der Waals surface area contributed by atoms with Crippen LogP contribution in [0.1, 0.15) is 63.6 Å². The van der Waals surface area contributed by atoms with E-state index in [1.165, 1.54) is 42.8 Å². The lowest BCUT2D eigenvalue weighted by atomic mass is 9.83. The molecule has 0 aliphatic heterocycles. The Kier molecular flexibility index (Phi) is 5.02. The van der Waals surface area contributed by atoms with Crippen molar-refractivity contribution in [3.63, 3.8) is 0 Å². The molecule has 1 fully saturated rings. The zero-order valence-corrected chi connectivity index (χ0v) is 13.6. The molecule has 19 heavy (non-hydrogen) atoms. The molecule has 1 atom stereocenters. The summed E-state index contributed by atoms with van der Waals surface area (Å²) in [6.07, 6.45) is 8.13. The molecular weight excluding hydrogens is 252 g/mol. The summed E-state index contributed by atoms with van der Waals surface area (Å²) in [7, 11) is 2.11. The molecule has 1 aliphatic carbocycles. The molecule has 0 saturated heterocycles. The van der Waals surface area contributed by atoms with Gasteiger partial charge in [-0.3, -0.25) is 0 Å². The number of nitrogens with zero attached hydrogens (tertiary/aromatic N) is 1. The molecule has 1 aromatic heterocycles. The molecular formula is C16H28N2S. The van der Waals surface area contributed by atoms with E-state index in [1.807, 2.05) is 11.3 Å². The zero-order chi connectivity index (χ0) is 13.9. The molecule has 2 nitrogen and oxygen atoms in total. The van der Waals surface area contributed by atoms with Gasteiger partial charge in [0, 0.05) is 23.3 Å². The van der Waals surface area contributed by atoms with Crippen molar-refractivity contribution >= 4 is 11.3 Å². The van der Waals surface area contributed by atoms with Gasteiger partial charge >= 0.3 is 0 Å². The second-order valence-corrected chi connectivity index (χ2v) is 7.82. The summed E-state index contributed by atoms with van der Waals surface area (Å²) in [4.78, 5) is 4.84. The van der Waals surface area contributed by atoms with Gasteiger partial charge in [0.25, 0.3) is 0 Å². The molecule has 1 unspecified atom stereocenters. The van der Waals surface area contributed by atoms with E-state index in [0.717, 1.165) is 12.3 Å². The van der Waals surface area contributed by atoms with Gasteiger partial charge in [-0.15, -0.1) is 11.3 Å². The number of hydrogen-bond donors (Lipinski definition) is 1. The molecule has 0 spiro atoms. The fourth-order valence-electron chi connectivity index (χ4n) is 2.98. The number of nitrogens with one attached hydrogen (secondary N) is 1. The fraction of sp³-hybridized carbons (Fsp3) is 0.812. The van der Waals surface area contributed by atoms with E-state index < -0.39 is 0 Å². The van der Waals surface area contributed by atoms with Crippen molar-refractivity contribution in [2.24, 2.45) is 5.92 Å². The fourth-order valence-corrected chi connectivity index (χ4v) is 4.06. The minimum Gasteiger partial charge on any atom is -0.316 e. The number of thiazole rings is 1. The average Bonchev–Trinajstić information content (AvgIpc) is 2.85. The topological polar surface area (TPSA) is 24.9 Å². The summed E-state index contributed by atoms with van der Waals surface area (Å²) in [6, 6.07) is 0.610. The van der Waals surface area contributed by atoms with Gasteiger partial charge in [-0.05, 0) is 25.8 Å². The lowest BCUT2D eigenvalue weighted by molar-refractivity contribution is 0.276. The van der Waals surface area contributed by atoms with Crippen LogP contribution in [0.5, 0.6) is 0 Å². The molecule has 1 aliphatic rings. The van der Waals surface area contributed by atoms with Crippen LogP contribution in [-0.2, 0) is 11.8 Å². The highest BCUT2D eigenvalue weighted by Crippen LogP contribution is 2.29. The van der Waals surface area contributed by atoms with Gasteiger partial charge in [-0.1, -0.05) is 40.0 Å². The van der Waals surface area contributed by atoms with E-state index in [-0.39, 0.29) is 5.41 Å². The molecule has 0 aromatic carbocycles. The minimum atomic E-state index is 0.175. The van der Waals surface area contributed by atoms with E-state index in [0.29, 0.717) is 6.04 Å². The maximum absolute atomic E-state index is 4.84. The summed E-state index contributed by atoms with van der Waals surface area (Å²) < 4.78 is 0. The average molecular weight is 280 g/mol. The number of aromatic nitrogens is 1. The van der Waals surface area contributed by atoms with Crippen molar-refractivity contribution in [1.82, 2.24) is 10.3 Å². The standard InChI is InChI=1S/C16H28N2S/c1-16(2,3)14-11-19-15(18-14)10-13(17-4)12-8-6-5-7-9-12/h11-13,17H,5-10H2,1-4H3. The number of likely N-dealkylation sites (N-methyl/N-ethyl adjacent to an activating group) is 1. The van der Waals surface area contributed by atoms with E-state index in [4.69, 9.17) is 4.98 Å². The quantitative estimate of drug-likeness (QED) is 0.896. The lowest BCUT2D eigenvalue weighted by Crippen LogP contribution is -2.36. The Hall–Kier alpha value is -0.410. The first-order valence-corrected chi connectivity index (χ1v) is 8.51. The zero-order valence-electron chi connectivity index (χ0n) is 12.8. The van der Waals surface area contributed by atoms with E-state index >= 15 is 0 Å². The molecule has 108 valence electrons. The SMILES string of the molecule is CNC(Cc1nc(C(C)(C)C)cs1)C1CCCCC1. The molecule has 1 saturated carbocycles. The monoisotopic (exact) mass is 280 g/mol. The van der Waals surface area contributed by atoms with Gasteiger partial charge in [0.2, 0.25) is 0 Å². The minimum absolute atomic E-state index is 0.175. The first kappa shape index (κ1) is 15.0. The Morgan fingerprint density at radius 3 is 2.53 bits per heavy atom. The van der Waals surface area contributed by atoms with Gasteiger partial charge in [-0.25, -0.2) is 4.98 Å². The van der Waals surface area contributed by atoms with Crippen molar-refractivity contribution in [2.45, 2.75) is 70.8 Å². The van der Waals surface area contributed by atoms with Crippen LogP contribution >= 0.6 is 11.3 Å². The van der Waals surface area contributed by atoms with Crippen molar-refractivity contribution in [1.29, 1.82) is 0 Å². The molecule has 3 heteroatoms. The van der Waals surface area contributed by atoms with Crippen LogP contribution in [0.3, 0.4) is 0 Å². The highest BCUT2D eigenvalue weighted by molar-refractivity contribution is 7.09. The smallest absolute Gasteiger partial charge is 0.0944 e. The van der Waals surface area contributed by atoms with E-state index in [2.05, 4.69) is 38.5 Å². The first-order chi connectivity index (χ1) is 9.00. The van der Waals surface area contributed by atoms with Gasteiger partial charge in [0.15, 0.2) is 0 Å². The van der Waals surface area contributed by atoms with E-state index in [1.54, 1.807) is 0 Å².